The standard InChI is InChI=1S/C25H23ClN4O5S/c26-21-11-4-5-12-22(21)29-36(34,35)20-10-6-9-18(13-20)24(32)27-28-25(33)19-14-23(31)30(16-19)15-17-7-2-1-3-8-17/h1-13,19,29H,14-16H2,(H,27,32)(H,28,33)/t19-/m0/s1. The third kappa shape index (κ3) is 6.02. The molecule has 3 aromatic carbocycles. The van der Waals surface area contributed by atoms with Crippen molar-refractivity contribution in [1.82, 2.24) is 15.8 Å². The number of hydrogen-bond donors (Lipinski definition) is 3. The van der Waals surface area contributed by atoms with Crippen molar-refractivity contribution in [2.45, 2.75) is 17.9 Å². The predicted molar refractivity (Wildman–Crippen MR) is 134 cm³/mol. The Morgan fingerprint density at radius 1 is 0.944 bits per heavy atom. The summed E-state index contributed by atoms with van der Waals surface area (Å²) >= 11 is 6.03. The number of para-hydroxylation sites is 1. The van der Waals surface area contributed by atoms with Gasteiger partial charge in [0.15, 0.2) is 0 Å². The van der Waals surface area contributed by atoms with Crippen LogP contribution < -0.4 is 15.6 Å². The number of carbonyl (C=O) groups excluding carboxylic acids is 3. The second-order valence-electron chi connectivity index (χ2n) is 8.22. The average molecular weight is 527 g/mol. The average Bonchev–Trinajstić information content (AvgIpc) is 3.24. The van der Waals surface area contributed by atoms with Crippen LogP contribution in [0.4, 0.5) is 5.69 Å². The quantitative estimate of drug-likeness (QED) is 0.408. The maximum atomic E-state index is 12.8. The molecule has 4 rings (SSSR count). The van der Waals surface area contributed by atoms with Crippen LogP contribution in [0.2, 0.25) is 5.02 Å². The number of anilines is 1. The van der Waals surface area contributed by atoms with Crippen LogP contribution in [0.15, 0.2) is 83.8 Å². The third-order valence-corrected chi connectivity index (χ3v) is 7.32. The summed E-state index contributed by atoms with van der Waals surface area (Å²) in [7, 11) is -4.02. The largest absolute Gasteiger partial charge is 0.338 e. The Labute approximate surface area is 213 Å². The summed E-state index contributed by atoms with van der Waals surface area (Å²) in [5, 5.41) is 0.227. The van der Waals surface area contributed by atoms with Crippen molar-refractivity contribution in [3.63, 3.8) is 0 Å². The summed E-state index contributed by atoms with van der Waals surface area (Å²) in [5.74, 6) is -1.97. The SMILES string of the molecule is O=C(NNC(=O)[C@H]1CC(=O)N(Cc2ccccc2)C1)c1cccc(S(=O)(=O)Nc2ccccc2Cl)c1. The van der Waals surface area contributed by atoms with Gasteiger partial charge in [-0.1, -0.05) is 60.1 Å². The fraction of sp³-hybridized carbons (Fsp3) is 0.160. The maximum absolute atomic E-state index is 12.8. The minimum atomic E-state index is -4.02. The Hall–Kier alpha value is -3.89. The highest BCUT2D eigenvalue weighted by Crippen LogP contribution is 2.24. The molecule has 0 aliphatic carbocycles. The Kier molecular flexibility index (Phi) is 7.56. The Bertz CT molecular complexity index is 1400. The zero-order chi connectivity index (χ0) is 25.7. The van der Waals surface area contributed by atoms with Gasteiger partial charge < -0.3 is 4.90 Å². The third-order valence-electron chi connectivity index (χ3n) is 5.63. The first-order chi connectivity index (χ1) is 17.2. The van der Waals surface area contributed by atoms with E-state index >= 15 is 0 Å². The second kappa shape index (κ2) is 10.8. The molecule has 1 saturated heterocycles. The minimum absolute atomic E-state index is 0.0190. The number of hydrazine groups is 1. The van der Waals surface area contributed by atoms with Crippen molar-refractivity contribution in [2.24, 2.45) is 5.92 Å². The van der Waals surface area contributed by atoms with Crippen molar-refractivity contribution < 1.29 is 22.8 Å². The zero-order valence-corrected chi connectivity index (χ0v) is 20.6. The molecule has 0 unspecified atom stereocenters. The fourth-order valence-corrected chi connectivity index (χ4v) is 5.11. The molecule has 0 spiro atoms. The maximum Gasteiger partial charge on any atom is 0.269 e. The number of nitrogens with one attached hydrogen (secondary N) is 3. The van der Waals surface area contributed by atoms with E-state index in [0.29, 0.717) is 6.54 Å². The van der Waals surface area contributed by atoms with Crippen molar-refractivity contribution >= 4 is 45.0 Å². The molecule has 0 aromatic heterocycles. The summed E-state index contributed by atoms with van der Waals surface area (Å²) < 4.78 is 27.9. The van der Waals surface area contributed by atoms with Gasteiger partial charge in [0.25, 0.3) is 15.9 Å². The molecule has 3 amide bonds. The highest BCUT2D eigenvalue weighted by molar-refractivity contribution is 7.92. The second-order valence-corrected chi connectivity index (χ2v) is 10.3. The van der Waals surface area contributed by atoms with E-state index in [2.05, 4.69) is 15.6 Å². The minimum Gasteiger partial charge on any atom is -0.338 e. The van der Waals surface area contributed by atoms with Crippen LogP contribution in [0.1, 0.15) is 22.3 Å². The first-order valence-electron chi connectivity index (χ1n) is 11.0. The van der Waals surface area contributed by atoms with Crippen molar-refractivity contribution in [1.29, 1.82) is 0 Å². The number of carbonyl (C=O) groups is 3. The molecule has 1 aliphatic heterocycles. The van der Waals surface area contributed by atoms with Crippen LogP contribution in [0.25, 0.3) is 0 Å². The van der Waals surface area contributed by atoms with Crippen LogP contribution in [-0.4, -0.2) is 37.6 Å². The number of halogens is 1. The van der Waals surface area contributed by atoms with Gasteiger partial charge in [-0.05, 0) is 35.9 Å². The molecule has 186 valence electrons. The van der Waals surface area contributed by atoms with Gasteiger partial charge in [-0.15, -0.1) is 0 Å². The molecule has 3 aromatic rings. The predicted octanol–water partition coefficient (Wildman–Crippen LogP) is 2.95. The number of likely N-dealkylation sites (tertiary alicyclic amines) is 1. The smallest absolute Gasteiger partial charge is 0.269 e. The molecule has 0 bridgehead atoms. The molecule has 9 nitrogen and oxygen atoms in total. The Balaban J connectivity index is 1.35. The van der Waals surface area contributed by atoms with Gasteiger partial charge >= 0.3 is 0 Å². The first-order valence-corrected chi connectivity index (χ1v) is 12.9. The molecule has 0 radical (unpaired) electrons. The van der Waals surface area contributed by atoms with Gasteiger partial charge in [0.1, 0.15) is 0 Å². The summed E-state index contributed by atoms with van der Waals surface area (Å²) in [5.41, 5.74) is 5.80. The molecular weight excluding hydrogens is 504 g/mol. The van der Waals surface area contributed by atoms with E-state index in [1.165, 1.54) is 30.3 Å². The van der Waals surface area contributed by atoms with E-state index in [-0.39, 0.29) is 40.0 Å². The number of nitrogens with zero attached hydrogens (tertiary/aromatic N) is 1. The highest BCUT2D eigenvalue weighted by atomic mass is 35.5. The summed E-state index contributed by atoms with van der Waals surface area (Å²) in [6, 6.07) is 21.1. The van der Waals surface area contributed by atoms with E-state index < -0.39 is 27.8 Å². The van der Waals surface area contributed by atoms with Gasteiger partial charge in [0.05, 0.1) is 21.5 Å². The van der Waals surface area contributed by atoms with Crippen LogP contribution in [0, 0.1) is 5.92 Å². The Morgan fingerprint density at radius 3 is 2.42 bits per heavy atom. The van der Waals surface area contributed by atoms with Crippen LogP contribution >= 0.6 is 11.6 Å². The van der Waals surface area contributed by atoms with E-state index in [9.17, 15) is 22.8 Å². The van der Waals surface area contributed by atoms with E-state index in [1.54, 1.807) is 23.1 Å². The molecule has 36 heavy (non-hydrogen) atoms. The molecule has 0 saturated carbocycles. The first kappa shape index (κ1) is 25.2. The molecule has 1 atom stereocenters. The molecule has 1 fully saturated rings. The summed E-state index contributed by atoms with van der Waals surface area (Å²) in [6.45, 7) is 0.635. The Morgan fingerprint density at radius 2 is 1.67 bits per heavy atom. The normalized spacial score (nSPS) is 15.4. The van der Waals surface area contributed by atoms with Gasteiger partial charge in [0, 0.05) is 25.1 Å². The van der Waals surface area contributed by atoms with Gasteiger partial charge in [0.2, 0.25) is 11.8 Å². The van der Waals surface area contributed by atoms with Crippen molar-refractivity contribution in [3.8, 4) is 0 Å². The molecule has 3 N–H and O–H groups in total. The summed E-state index contributed by atoms with van der Waals surface area (Å²) in [4.78, 5) is 38.9. The van der Waals surface area contributed by atoms with Crippen LogP contribution in [0.3, 0.4) is 0 Å². The van der Waals surface area contributed by atoms with E-state index in [0.717, 1.165) is 5.56 Å². The molecule has 11 heteroatoms. The van der Waals surface area contributed by atoms with Crippen molar-refractivity contribution in [2.75, 3.05) is 11.3 Å². The van der Waals surface area contributed by atoms with Gasteiger partial charge in [-0.3, -0.25) is 30.0 Å². The number of rotatable bonds is 7. The van der Waals surface area contributed by atoms with Gasteiger partial charge in [-0.25, -0.2) is 8.42 Å². The molecule has 1 heterocycles. The van der Waals surface area contributed by atoms with Crippen molar-refractivity contribution in [3.05, 3.63) is 95.0 Å². The number of hydrogen-bond acceptors (Lipinski definition) is 5. The molecule has 1 aliphatic rings. The lowest BCUT2D eigenvalue weighted by atomic mass is 10.1. The topological polar surface area (TPSA) is 125 Å². The fourth-order valence-electron chi connectivity index (χ4n) is 3.75. The van der Waals surface area contributed by atoms with Gasteiger partial charge in [-0.2, -0.15) is 0 Å². The monoisotopic (exact) mass is 526 g/mol. The lowest BCUT2D eigenvalue weighted by Crippen LogP contribution is -2.45. The number of benzene rings is 3. The number of amides is 3. The lowest BCUT2D eigenvalue weighted by molar-refractivity contribution is -0.129. The highest BCUT2D eigenvalue weighted by Gasteiger charge is 2.34. The molecular formula is C25H23ClN4O5S. The summed E-state index contributed by atoms with van der Waals surface area (Å²) in [6.07, 6.45) is 0.0377. The van der Waals surface area contributed by atoms with Crippen LogP contribution in [-0.2, 0) is 26.2 Å². The van der Waals surface area contributed by atoms with E-state index in [1.807, 2.05) is 30.3 Å². The number of sulfonamides is 1. The van der Waals surface area contributed by atoms with E-state index in [4.69, 9.17) is 11.6 Å². The zero-order valence-electron chi connectivity index (χ0n) is 19.0. The lowest BCUT2D eigenvalue weighted by Gasteiger charge is -2.17. The van der Waals surface area contributed by atoms with Crippen LogP contribution in [0.5, 0.6) is 0 Å².